The summed E-state index contributed by atoms with van der Waals surface area (Å²) in [6.45, 7) is 2.28. The van der Waals surface area contributed by atoms with Crippen molar-refractivity contribution in [2.45, 2.75) is 32.1 Å². The first kappa shape index (κ1) is 9.64. The van der Waals surface area contributed by atoms with Crippen molar-refractivity contribution in [1.82, 2.24) is 4.98 Å². The summed E-state index contributed by atoms with van der Waals surface area (Å²) in [5, 5.41) is 0. The lowest BCUT2D eigenvalue weighted by molar-refractivity contribution is 0.572. The summed E-state index contributed by atoms with van der Waals surface area (Å²) in [6, 6.07) is 6.14. The van der Waals surface area contributed by atoms with E-state index in [1.165, 1.54) is 24.1 Å². The van der Waals surface area contributed by atoms with E-state index in [1.807, 2.05) is 18.3 Å². The first-order valence-electron chi connectivity index (χ1n) is 5.87. The van der Waals surface area contributed by atoms with E-state index in [0.29, 0.717) is 5.92 Å². The van der Waals surface area contributed by atoms with E-state index in [0.717, 1.165) is 17.7 Å². The molecule has 2 heterocycles. The smallest absolute Gasteiger partial charge is 0.135 e. The zero-order valence-electron chi connectivity index (χ0n) is 9.44. The predicted molar refractivity (Wildman–Crippen MR) is 63.3 cm³/mol. The van der Waals surface area contributed by atoms with Crippen LogP contribution in [0.4, 0.5) is 0 Å². The van der Waals surface area contributed by atoms with E-state index in [-0.39, 0.29) is 0 Å². The van der Waals surface area contributed by atoms with Crippen molar-refractivity contribution in [3.63, 3.8) is 0 Å². The number of fused-ring (bicyclic) bond motifs is 1. The molecule has 1 atom stereocenters. The van der Waals surface area contributed by atoms with Crippen LogP contribution >= 0.6 is 0 Å². The summed E-state index contributed by atoms with van der Waals surface area (Å²) in [7, 11) is 0. The molecule has 0 radical (unpaired) electrons. The second-order valence-electron chi connectivity index (χ2n) is 4.53. The van der Waals surface area contributed by atoms with Gasteiger partial charge in [0.2, 0.25) is 0 Å². The van der Waals surface area contributed by atoms with Crippen molar-refractivity contribution in [2.24, 2.45) is 0 Å². The van der Waals surface area contributed by atoms with Crippen molar-refractivity contribution in [2.75, 3.05) is 0 Å². The summed E-state index contributed by atoms with van der Waals surface area (Å²) in [5.74, 6) is 1.54. The van der Waals surface area contributed by atoms with Gasteiger partial charge in [0.1, 0.15) is 5.76 Å². The predicted octanol–water partition coefficient (Wildman–Crippen LogP) is 3.78. The highest BCUT2D eigenvalue weighted by Crippen LogP contribution is 2.32. The third-order valence-corrected chi connectivity index (χ3v) is 3.39. The van der Waals surface area contributed by atoms with E-state index < -0.39 is 0 Å². The minimum absolute atomic E-state index is 0.631. The number of hydrogen-bond acceptors (Lipinski definition) is 2. The number of hydrogen-bond donors (Lipinski definition) is 0. The minimum atomic E-state index is 0.631. The van der Waals surface area contributed by atoms with Gasteiger partial charge in [0.25, 0.3) is 0 Å². The molecule has 0 aliphatic heterocycles. The van der Waals surface area contributed by atoms with Crippen LogP contribution in [-0.4, -0.2) is 4.98 Å². The van der Waals surface area contributed by atoms with Crippen LogP contribution in [-0.2, 0) is 6.42 Å². The fourth-order valence-corrected chi connectivity index (χ4v) is 2.45. The maximum atomic E-state index is 5.41. The van der Waals surface area contributed by atoms with Crippen LogP contribution in [0.25, 0.3) is 11.3 Å². The second kappa shape index (κ2) is 3.78. The molecule has 0 N–H and O–H groups in total. The molecule has 3 rings (SSSR count). The third kappa shape index (κ3) is 1.54. The number of aromatic nitrogens is 1. The Hall–Kier alpha value is -1.57. The monoisotopic (exact) mass is 213 g/mol. The summed E-state index contributed by atoms with van der Waals surface area (Å²) in [6.07, 6.45) is 7.30. The van der Waals surface area contributed by atoms with Crippen LogP contribution in [0.3, 0.4) is 0 Å². The first-order chi connectivity index (χ1) is 7.84. The lowest BCUT2D eigenvalue weighted by Gasteiger charge is -2.21. The Labute approximate surface area is 95.3 Å². The zero-order valence-corrected chi connectivity index (χ0v) is 9.44. The van der Waals surface area contributed by atoms with Gasteiger partial charge in [-0.25, -0.2) is 0 Å². The van der Waals surface area contributed by atoms with Crippen molar-refractivity contribution < 1.29 is 4.42 Å². The van der Waals surface area contributed by atoms with Gasteiger partial charge in [0.05, 0.1) is 6.26 Å². The highest BCUT2D eigenvalue weighted by molar-refractivity contribution is 5.58. The van der Waals surface area contributed by atoms with Gasteiger partial charge in [-0.2, -0.15) is 0 Å². The van der Waals surface area contributed by atoms with Crippen LogP contribution in [0, 0.1) is 0 Å². The standard InChI is InChI=1S/C14H15NO/c1-10-4-2-5-13-12(10)8-11(9-15-13)14-6-3-7-16-14/h3,6-10H,2,4-5H2,1H3. The summed E-state index contributed by atoms with van der Waals surface area (Å²) >= 11 is 0. The number of nitrogens with zero attached hydrogens (tertiary/aromatic N) is 1. The molecule has 2 nitrogen and oxygen atoms in total. The van der Waals surface area contributed by atoms with Gasteiger partial charge in [-0.15, -0.1) is 0 Å². The maximum Gasteiger partial charge on any atom is 0.135 e. The van der Waals surface area contributed by atoms with Gasteiger partial charge in [-0.1, -0.05) is 6.92 Å². The normalized spacial score (nSPS) is 19.4. The first-order valence-corrected chi connectivity index (χ1v) is 5.87. The van der Waals surface area contributed by atoms with Gasteiger partial charge >= 0.3 is 0 Å². The van der Waals surface area contributed by atoms with E-state index >= 15 is 0 Å². The lowest BCUT2D eigenvalue weighted by atomic mass is 9.86. The minimum Gasteiger partial charge on any atom is -0.464 e. The summed E-state index contributed by atoms with van der Waals surface area (Å²) < 4.78 is 5.41. The van der Waals surface area contributed by atoms with Gasteiger partial charge in [-0.3, -0.25) is 4.98 Å². The highest BCUT2D eigenvalue weighted by atomic mass is 16.3. The van der Waals surface area contributed by atoms with E-state index in [1.54, 1.807) is 6.26 Å². The molecule has 2 aromatic rings. The molecule has 0 saturated heterocycles. The lowest BCUT2D eigenvalue weighted by Crippen LogP contribution is -2.08. The van der Waals surface area contributed by atoms with Crippen LogP contribution in [0.15, 0.2) is 35.1 Å². The molecule has 1 unspecified atom stereocenters. The molecule has 0 aromatic carbocycles. The Balaban J connectivity index is 2.07. The topological polar surface area (TPSA) is 26.0 Å². The Kier molecular flexibility index (Phi) is 2.28. The zero-order chi connectivity index (χ0) is 11.0. The quantitative estimate of drug-likeness (QED) is 0.720. The molecule has 1 aliphatic carbocycles. The largest absolute Gasteiger partial charge is 0.464 e. The third-order valence-electron chi connectivity index (χ3n) is 3.39. The number of furan rings is 1. The molecule has 82 valence electrons. The molecular weight excluding hydrogens is 198 g/mol. The number of pyridine rings is 1. The molecule has 2 aromatic heterocycles. The SMILES string of the molecule is CC1CCCc2ncc(-c3ccco3)cc21. The van der Waals surface area contributed by atoms with E-state index in [4.69, 9.17) is 4.42 Å². The Bertz CT molecular complexity index is 487. The van der Waals surface area contributed by atoms with Gasteiger partial charge in [-0.05, 0) is 48.9 Å². The van der Waals surface area contributed by atoms with E-state index in [2.05, 4.69) is 18.0 Å². The molecule has 2 heteroatoms. The van der Waals surface area contributed by atoms with Gasteiger partial charge in [0.15, 0.2) is 0 Å². The van der Waals surface area contributed by atoms with Crippen LogP contribution in [0.1, 0.15) is 36.9 Å². The second-order valence-corrected chi connectivity index (χ2v) is 4.53. The van der Waals surface area contributed by atoms with Gasteiger partial charge in [0, 0.05) is 17.5 Å². The van der Waals surface area contributed by atoms with Crippen LogP contribution in [0.5, 0.6) is 0 Å². The Morgan fingerprint density at radius 1 is 1.44 bits per heavy atom. The fraction of sp³-hybridized carbons (Fsp3) is 0.357. The van der Waals surface area contributed by atoms with Crippen molar-refractivity contribution >= 4 is 0 Å². The summed E-state index contributed by atoms with van der Waals surface area (Å²) in [4.78, 5) is 4.57. The number of rotatable bonds is 1. The Morgan fingerprint density at radius 3 is 3.19 bits per heavy atom. The molecule has 0 bridgehead atoms. The molecule has 16 heavy (non-hydrogen) atoms. The van der Waals surface area contributed by atoms with Crippen molar-refractivity contribution in [1.29, 1.82) is 0 Å². The number of aryl methyl sites for hydroxylation is 1. The molecule has 0 saturated carbocycles. The maximum absolute atomic E-state index is 5.41. The molecule has 0 amide bonds. The molecule has 0 fully saturated rings. The fourth-order valence-electron chi connectivity index (χ4n) is 2.45. The van der Waals surface area contributed by atoms with Crippen LogP contribution in [0.2, 0.25) is 0 Å². The van der Waals surface area contributed by atoms with Crippen molar-refractivity contribution in [3.8, 4) is 11.3 Å². The van der Waals surface area contributed by atoms with E-state index in [9.17, 15) is 0 Å². The summed E-state index contributed by atoms with van der Waals surface area (Å²) in [5.41, 5.74) is 3.77. The molecule has 0 spiro atoms. The molecular formula is C14H15NO. The van der Waals surface area contributed by atoms with Gasteiger partial charge < -0.3 is 4.42 Å². The van der Waals surface area contributed by atoms with Crippen LogP contribution < -0.4 is 0 Å². The Morgan fingerprint density at radius 2 is 2.38 bits per heavy atom. The highest BCUT2D eigenvalue weighted by Gasteiger charge is 2.18. The average Bonchev–Trinajstić information content (AvgIpc) is 2.83. The molecule has 1 aliphatic rings. The van der Waals surface area contributed by atoms with Crippen molar-refractivity contribution in [3.05, 3.63) is 41.9 Å². The average molecular weight is 213 g/mol.